The maximum Gasteiger partial charge on any atom is 0.0141 e. The van der Waals surface area contributed by atoms with E-state index in [2.05, 4.69) is 37.9 Å². The van der Waals surface area contributed by atoms with Crippen LogP contribution in [0.4, 0.5) is 0 Å². The second kappa shape index (κ2) is 17.3. The molecule has 0 aliphatic carbocycles. The van der Waals surface area contributed by atoms with E-state index in [4.69, 9.17) is 0 Å². The Kier molecular flexibility index (Phi) is 16.7. The van der Waals surface area contributed by atoms with Gasteiger partial charge in [-0.25, -0.2) is 0 Å². The molecule has 0 aliphatic rings. The fourth-order valence-corrected chi connectivity index (χ4v) is 2.61. The standard InChI is InChI=1S/C20H39N/c1-4-6-14-17-20(3)18-15-12-10-8-7-9-11-13-16-19-21-5-2/h5,12,15,20-21H,2,4,6-11,13-14,16-19H2,1,3H3/b15-12+. The summed E-state index contributed by atoms with van der Waals surface area (Å²) in [7, 11) is 0. The van der Waals surface area contributed by atoms with E-state index in [-0.39, 0.29) is 0 Å². The summed E-state index contributed by atoms with van der Waals surface area (Å²) in [5.74, 6) is 0.872. The Hall–Kier alpha value is -0.720. The molecule has 0 saturated carbocycles. The van der Waals surface area contributed by atoms with Crippen LogP contribution in [0.5, 0.6) is 0 Å². The van der Waals surface area contributed by atoms with E-state index in [1.165, 1.54) is 77.0 Å². The molecule has 1 N–H and O–H groups in total. The SMILES string of the molecule is C=CNCCCCCCCC/C=C/CC(C)CCCCC. The first-order chi connectivity index (χ1) is 10.3. The summed E-state index contributed by atoms with van der Waals surface area (Å²) >= 11 is 0. The zero-order chi connectivity index (χ0) is 15.6. The summed E-state index contributed by atoms with van der Waals surface area (Å²) in [6.45, 7) is 9.41. The molecule has 0 bridgehead atoms. The second-order valence-electron chi connectivity index (χ2n) is 6.38. The summed E-state index contributed by atoms with van der Waals surface area (Å²) in [4.78, 5) is 0. The second-order valence-corrected chi connectivity index (χ2v) is 6.38. The maximum atomic E-state index is 3.66. The lowest BCUT2D eigenvalue weighted by Gasteiger charge is -2.07. The zero-order valence-electron chi connectivity index (χ0n) is 14.7. The lowest BCUT2D eigenvalue weighted by atomic mass is 9.99. The average molecular weight is 294 g/mol. The molecule has 0 amide bonds. The van der Waals surface area contributed by atoms with Crippen LogP contribution < -0.4 is 5.32 Å². The van der Waals surface area contributed by atoms with E-state index in [9.17, 15) is 0 Å². The lowest BCUT2D eigenvalue weighted by molar-refractivity contribution is 0.500. The third-order valence-corrected chi connectivity index (χ3v) is 4.09. The smallest absolute Gasteiger partial charge is 0.0141 e. The van der Waals surface area contributed by atoms with Gasteiger partial charge in [0.05, 0.1) is 0 Å². The summed E-state index contributed by atoms with van der Waals surface area (Å²) in [6, 6.07) is 0. The van der Waals surface area contributed by atoms with Crippen molar-refractivity contribution in [3.05, 3.63) is 24.9 Å². The van der Waals surface area contributed by atoms with E-state index in [1.807, 2.05) is 0 Å². The van der Waals surface area contributed by atoms with Crippen molar-refractivity contribution in [2.24, 2.45) is 5.92 Å². The fourth-order valence-electron chi connectivity index (χ4n) is 2.61. The molecule has 0 fully saturated rings. The van der Waals surface area contributed by atoms with Crippen LogP contribution in [0.3, 0.4) is 0 Å². The van der Waals surface area contributed by atoms with Gasteiger partial charge in [-0.3, -0.25) is 0 Å². The average Bonchev–Trinajstić information content (AvgIpc) is 2.48. The van der Waals surface area contributed by atoms with Crippen molar-refractivity contribution in [2.75, 3.05) is 6.54 Å². The Balaban J connectivity index is 3.19. The van der Waals surface area contributed by atoms with Crippen molar-refractivity contribution >= 4 is 0 Å². The Morgan fingerprint density at radius 1 is 0.905 bits per heavy atom. The van der Waals surface area contributed by atoms with Gasteiger partial charge in [0.2, 0.25) is 0 Å². The molecular formula is C20H39N. The molecule has 1 atom stereocenters. The molecule has 0 aliphatic heterocycles. The molecule has 0 aromatic heterocycles. The minimum atomic E-state index is 0.872. The van der Waals surface area contributed by atoms with Crippen LogP contribution in [0.2, 0.25) is 0 Å². The number of unbranched alkanes of at least 4 members (excludes halogenated alkanes) is 8. The van der Waals surface area contributed by atoms with Crippen molar-refractivity contribution in [1.29, 1.82) is 0 Å². The van der Waals surface area contributed by atoms with E-state index in [1.54, 1.807) is 6.20 Å². The molecule has 1 heteroatoms. The van der Waals surface area contributed by atoms with Crippen LogP contribution in [0, 0.1) is 5.92 Å². The van der Waals surface area contributed by atoms with Gasteiger partial charge in [-0.1, -0.05) is 83.9 Å². The van der Waals surface area contributed by atoms with E-state index in [0.717, 1.165) is 12.5 Å². The maximum absolute atomic E-state index is 3.66. The largest absolute Gasteiger partial charge is 0.391 e. The predicted octanol–water partition coefficient (Wildman–Crippen LogP) is 6.61. The molecule has 1 unspecified atom stereocenters. The minimum absolute atomic E-state index is 0.872. The van der Waals surface area contributed by atoms with Crippen LogP contribution >= 0.6 is 0 Å². The van der Waals surface area contributed by atoms with E-state index >= 15 is 0 Å². The van der Waals surface area contributed by atoms with Gasteiger partial charge in [0.25, 0.3) is 0 Å². The summed E-state index contributed by atoms with van der Waals surface area (Å²) in [5.41, 5.74) is 0. The van der Waals surface area contributed by atoms with Gasteiger partial charge < -0.3 is 5.32 Å². The molecule has 0 radical (unpaired) electrons. The highest BCUT2D eigenvalue weighted by Crippen LogP contribution is 2.14. The molecule has 0 saturated heterocycles. The highest BCUT2D eigenvalue weighted by atomic mass is 14.8. The van der Waals surface area contributed by atoms with Crippen LogP contribution in [0.25, 0.3) is 0 Å². The lowest BCUT2D eigenvalue weighted by Crippen LogP contribution is -2.05. The third-order valence-electron chi connectivity index (χ3n) is 4.09. The first kappa shape index (κ1) is 20.3. The van der Waals surface area contributed by atoms with E-state index in [0.29, 0.717) is 0 Å². The Morgan fingerprint density at radius 2 is 1.62 bits per heavy atom. The molecule has 0 heterocycles. The predicted molar refractivity (Wildman–Crippen MR) is 97.6 cm³/mol. The van der Waals surface area contributed by atoms with E-state index < -0.39 is 0 Å². The van der Waals surface area contributed by atoms with Gasteiger partial charge in [-0.2, -0.15) is 0 Å². The summed E-state index contributed by atoms with van der Waals surface area (Å²) in [6.07, 6.45) is 22.9. The van der Waals surface area contributed by atoms with Crippen LogP contribution in [0.15, 0.2) is 24.9 Å². The number of hydrogen-bond donors (Lipinski definition) is 1. The van der Waals surface area contributed by atoms with Crippen molar-refractivity contribution < 1.29 is 0 Å². The number of allylic oxidation sites excluding steroid dienone is 2. The number of rotatable bonds is 16. The first-order valence-electron chi connectivity index (χ1n) is 9.30. The van der Waals surface area contributed by atoms with Gasteiger partial charge in [0.15, 0.2) is 0 Å². The quantitative estimate of drug-likeness (QED) is 0.249. The van der Waals surface area contributed by atoms with Gasteiger partial charge in [0, 0.05) is 6.54 Å². The van der Waals surface area contributed by atoms with Crippen molar-refractivity contribution in [2.45, 2.75) is 90.9 Å². The molecule has 0 rings (SSSR count). The molecule has 0 aromatic rings. The molecule has 124 valence electrons. The molecule has 0 spiro atoms. The monoisotopic (exact) mass is 293 g/mol. The number of nitrogens with one attached hydrogen (secondary N) is 1. The molecule has 21 heavy (non-hydrogen) atoms. The number of hydrogen-bond acceptors (Lipinski definition) is 1. The van der Waals surface area contributed by atoms with Crippen LogP contribution in [-0.2, 0) is 0 Å². The topological polar surface area (TPSA) is 12.0 Å². The molecule has 0 aromatic carbocycles. The van der Waals surface area contributed by atoms with Crippen LogP contribution in [-0.4, -0.2) is 6.54 Å². The fraction of sp³-hybridized carbons (Fsp3) is 0.800. The highest BCUT2D eigenvalue weighted by Gasteiger charge is 1.98. The summed E-state index contributed by atoms with van der Waals surface area (Å²) < 4.78 is 0. The van der Waals surface area contributed by atoms with Crippen molar-refractivity contribution in [1.82, 2.24) is 5.32 Å². The van der Waals surface area contributed by atoms with Gasteiger partial charge in [-0.05, 0) is 37.8 Å². The van der Waals surface area contributed by atoms with Gasteiger partial charge in [-0.15, -0.1) is 0 Å². The highest BCUT2D eigenvalue weighted by molar-refractivity contribution is 4.83. The molecule has 1 nitrogen and oxygen atoms in total. The third kappa shape index (κ3) is 17.2. The van der Waals surface area contributed by atoms with Crippen LogP contribution in [0.1, 0.15) is 90.9 Å². The van der Waals surface area contributed by atoms with Gasteiger partial charge in [0.1, 0.15) is 0 Å². The molecular weight excluding hydrogens is 254 g/mol. The van der Waals surface area contributed by atoms with Gasteiger partial charge >= 0.3 is 0 Å². The minimum Gasteiger partial charge on any atom is -0.391 e. The first-order valence-corrected chi connectivity index (χ1v) is 9.30. The summed E-state index contributed by atoms with van der Waals surface area (Å²) in [5, 5.41) is 3.15. The zero-order valence-corrected chi connectivity index (χ0v) is 14.7. The Labute approximate surface area is 134 Å². The Bertz CT molecular complexity index is 232. The van der Waals surface area contributed by atoms with Crippen molar-refractivity contribution in [3.63, 3.8) is 0 Å². The van der Waals surface area contributed by atoms with Crippen molar-refractivity contribution in [3.8, 4) is 0 Å². The Morgan fingerprint density at radius 3 is 2.33 bits per heavy atom. The normalized spacial score (nSPS) is 12.7.